The number of ether oxygens (including phenoxy) is 2. The van der Waals surface area contributed by atoms with Gasteiger partial charge in [-0.2, -0.15) is 0 Å². The summed E-state index contributed by atoms with van der Waals surface area (Å²) < 4.78 is 11.1. The van der Waals surface area contributed by atoms with Crippen LogP contribution in [-0.4, -0.2) is 41.8 Å². The van der Waals surface area contributed by atoms with E-state index < -0.39 is 17.9 Å². The number of amides is 1. The van der Waals surface area contributed by atoms with Gasteiger partial charge in [-0.1, -0.05) is 75.7 Å². The Hall–Kier alpha value is -3.84. The molecule has 2 N–H and O–H groups in total. The third kappa shape index (κ3) is 6.10. The van der Waals surface area contributed by atoms with Crippen LogP contribution in [0.15, 0.2) is 60.7 Å². The van der Waals surface area contributed by atoms with Crippen LogP contribution in [0.5, 0.6) is 11.5 Å². The fraction of sp³-hybridized carbons (Fsp3) is 0.412. The molecule has 2 aliphatic rings. The van der Waals surface area contributed by atoms with Crippen LogP contribution in [0.2, 0.25) is 0 Å². The van der Waals surface area contributed by atoms with Crippen molar-refractivity contribution in [3.63, 3.8) is 0 Å². The van der Waals surface area contributed by atoms with Crippen LogP contribution >= 0.6 is 0 Å². The number of hydrogen-bond donors (Lipinski definition) is 2. The first-order chi connectivity index (χ1) is 19.9. The van der Waals surface area contributed by atoms with Crippen LogP contribution in [0.4, 0.5) is 5.69 Å². The predicted octanol–water partition coefficient (Wildman–Crippen LogP) is 6.36. The lowest BCUT2D eigenvalue weighted by molar-refractivity contribution is -0.143. The molecular weight excluding hydrogens is 516 g/mol. The maximum atomic E-state index is 13.6. The van der Waals surface area contributed by atoms with Gasteiger partial charge in [0.05, 0.1) is 12.5 Å². The molecule has 7 nitrogen and oxygen atoms in total. The molecular formula is C34H40N2O5. The van der Waals surface area contributed by atoms with Crippen LogP contribution in [0, 0.1) is 5.92 Å². The number of para-hydroxylation sites is 1. The molecule has 0 aliphatic carbocycles. The fourth-order valence-electron chi connectivity index (χ4n) is 6.30. The number of carbonyl (C=O) groups excluding carboxylic acids is 1. The Morgan fingerprint density at radius 3 is 2.27 bits per heavy atom. The number of nitrogens with one attached hydrogen (secondary N) is 1. The van der Waals surface area contributed by atoms with Crippen LogP contribution in [-0.2, 0) is 28.9 Å². The molecule has 7 heteroatoms. The molecule has 1 amide bonds. The van der Waals surface area contributed by atoms with Gasteiger partial charge >= 0.3 is 5.97 Å². The van der Waals surface area contributed by atoms with Gasteiger partial charge < -0.3 is 19.9 Å². The van der Waals surface area contributed by atoms with Gasteiger partial charge in [-0.05, 0) is 65.6 Å². The lowest BCUT2D eigenvalue weighted by Gasteiger charge is -2.27. The number of carbonyl (C=O) groups is 2. The molecule has 1 saturated heterocycles. The molecule has 216 valence electrons. The Balaban J connectivity index is 1.47. The minimum absolute atomic E-state index is 0.0916. The molecule has 0 aromatic heterocycles. The molecule has 2 aliphatic heterocycles. The second-order valence-corrected chi connectivity index (χ2v) is 11.0. The highest BCUT2D eigenvalue weighted by atomic mass is 16.7. The Morgan fingerprint density at radius 1 is 0.927 bits per heavy atom. The summed E-state index contributed by atoms with van der Waals surface area (Å²) in [5.74, 6) is -0.785. The average molecular weight is 557 g/mol. The monoisotopic (exact) mass is 556 g/mol. The summed E-state index contributed by atoms with van der Waals surface area (Å²) in [5, 5.41) is 13.8. The normalized spacial score (nSPS) is 19.8. The van der Waals surface area contributed by atoms with Crippen molar-refractivity contribution in [1.29, 1.82) is 0 Å². The number of anilines is 1. The first-order valence-corrected chi connectivity index (χ1v) is 14.8. The van der Waals surface area contributed by atoms with Crippen molar-refractivity contribution in [1.82, 2.24) is 4.90 Å². The minimum Gasteiger partial charge on any atom is -0.481 e. The van der Waals surface area contributed by atoms with Crippen LogP contribution in [0.1, 0.15) is 73.4 Å². The number of unbranched alkanes of at least 4 members (excludes halogenated alkanes) is 1. The summed E-state index contributed by atoms with van der Waals surface area (Å²) in [6.45, 7) is 7.02. The fourth-order valence-corrected chi connectivity index (χ4v) is 6.30. The van der Waals surface area contributed by atoms with E-state index in [1.54, 1.807) is 0 Å². The zero-order valence-corrected chi connectivity index (χ0v) is 24.2. The van der Waals surface area contributed by atoms with E-state index in [1.807, 2.05) is 53.4 Å². The standard InChI is InChI=1S/C34H40N2O5/c1-4-7-9-22-12-14-25(15-13-22)33-31(34(38)39)27(26-16-17-28-29(18-26)41-21-40-28)19-36(33)20-30(37)35-32-23(5-2)10-8-11-24(32)6-3/h8,10-18,27,31,33H,4-7,9,19-21H2,1-3H3,(H,35,37)(H,38,39)/t27-,31-,33+/m1/s1. The summed E-state index contributed by atoms with van der Waals surface area (Å²) in [5.41, 5.74) is 6.09. The molecule has 3 atom stereocenters. The highest BCUT2D eigenvalue weighted by molar-refractivity contribution is 5.94. The highest BCUT2D eigenvalue weighted by Gasteiger charge is 2.48. The summed E-state index contributed by atoms with van der Waals surface area (Å²) in [7, 11) is 0. The van der Waals surface area contributed by atoms with E-state index in [0.717, 1.165) is 60.0 Å². The number of carboxylic acid groups (broad SMARTS) is 1. The van der Waals surface area contributed by atoms with Crippen molar-refractivity contribution < 1.29 is 24.2 Å². The minimum atomic E-state index is -0.875. The van der Waals surface area contributed by atoms with E-state index in [-0.39, 0.29) is 25.2 Å². The first-order valence-electron chi connectivity index (χ1n) is 14.8. The lowest BCUT2D eigenvalue weighted by Crippen LogP contribution is -2.35. The van der Waals surface area contributed by atoms with E-state index in [2.05, 4.69) is 38.2 Å². The largest absolute Gasteiger partial charge is 0.481 e. The molecule has 41 heavy (non-hydrogen) atoms. The summed E-state index contributed by atoms with van der Waals surface area (Å²) in [6, 6.07) is 19.6. The molecule has 1 fully saturated rings. The summed E-state index contributed by atoms with van der Waals surface area (Å²) in [4.78, 5) is 28.5. The van der Waals surface area contributed by atoms with E-state index in [9.17, 15) is 14.7 Å². The second kappa shape index (κ2) is 12.8. The molecule has 3 aromatic rings. The summed E-state index contributed by atoms with van der Waals surface area (Å²) in [6.07, 6.45) is 4.84. The Labute approximate surface area is 242 Å². The molecule has 0 radical (unpaired) electrons. The number of aliphatic carboxylic acids is 1. The van der Waals surface area contributed by atoms with Gasteiger partial charge in [0, 0.05) is 24.2 Å². The molecule has 0 unspecified atom stereocenters. The van der Waals surface area contributed by atoms with Crippen molar-refractivity contribution in [3.05, 3.63) is 88.5 Å². The van der Waals surface area contributed by atoms with Crippen molar-refractivity contribution in [2.45, 2.75) is 64.8 Å². The van der Waals surface area contributed by atoms with Crippen LogP contribution < -0.4 is 14.8 Å². The second-order valence-electron chi connectivity index (χ2n) is 11.0. The van der Waals surface area contributed by atoms with Gasteiger partial charge in [0.1, 0.15) is 0 Å². The van der Waals surface area contributed by atoms with Crippen molar-refractivity contribution in [3.8, 4) is 11.5 Å². The third-order valence-corrected chi connectivity index (χ3v) is 8.46. The number of benzene rings is 3. The number of hydrogen-bond acceptors (Lipinski definition) is 5. The number of rotatable bonds is 11. The SMILES string of the molecule is CCCCc1ccc([C@H]2[C@H](C(=O)O)[C@@H](c3ccc4c(c3)OCO4)CN2CC(=O)Nc2c(CC)cccc2CC)cc1. The highest BCUT2D eigenvalue weighted by Crippen LogP contribution is 2.47. The van der Waals surface area contributed by atoms with Gasteiger partial charge in [0.15, 0.2) is 11.5 Å². The van der Waals surface area contributed by atoms with Gasteiger partial charge in [-0.25, -0.2) is 0 Å². The quantitative estimate of drug-likeness (QED) is 0.286. The number of aryl methyl sites for hydroxylation is 3. The molecule has 3 aromatic carbocycles. The smallest absolute Gasteiger partial charge is 0.309 e. The van der Waals surface area contributed by atoms with Crippen LogP contribution in [0.3, 0.4) is 0 Å². The summed E-state index contributed by atoms with van der Waals surface area (Å²) >= 11 is 0. The molecule has 0 saturated carbocycles. The van der Waals surface area contributed by atoms with Gasteiger partial charge in [0.2, 0.25) is 12.7 Å². The van der Waals surface area contributed by atoms with Crippen LogP contribution in [0.25, 0.3) is 0 Å². The molecule has 5 rings (SSSR count). The Bertz CT molecular complexity index is 1360. The van der Waals surface area contributed by atoms with E-state index in [1.165, 1.54) is 5.56 Å². The number of carboxylic acids is 1. The number of fused-ring (bicyclic) bond motifs is 1. The zero-order chi connectivity index (χ0) is 28.9. The third-order valence-electron chi connectivity index (χ3n) is 8.46. The van der Waals surface area contributed by atoms with Crippen molar-refractivity contribution in [2.24, 2.45) is 5.92 Å². The first kappa shape index (κ1) is 28.7. The van der Waals surface area contributed by atoms with E-state index in [0.29, 0.717) is 18.0 Å². The molecule has 0 bridgehead atoms. The maximum Gasteiger partial charge on any atom is 0.309 e. The topological polar surface area (TPSA) is 88.1 Å². The molecule has 0 spiro atoms. The van der Waals surface area contributed by atoms with E-state index in [4.69, 9.17) is 9.47 Å². The van der Waals surface area contributed by atoms with Gasteiger partial charge in [-0.15, -0.1) is 0 Å². The zero-order valence-electron chi connectivity index (χ0n) is 24.2. The maximum absolute atomic E-state index is 13.6. The van der Waals surface area contributed by atoms with Gasteiger partial charge in [-0.3, -0.25) is 14.5 Å². The Kier molecular flexibility index (Phi) is 8.93. The van der Waals surface area contributed by atoms with Gasteiger partial charge in [0.25, 0.3) is 0 Å². The predicted molar refractivity (Wildman–Crippen MR) is 160 cm³/mol. The van der Waals surface area contributed by atoms with Crippen molar-refractivity contribution >= 4 is 17.6 Å². The van der Waals surface area contributed by atoms with Crippen molar-refractivity contribution in [2.75, 3.05) is 25.2 Å². The number of nitrogens with zero attached hydrogens (tertiary/aromatic N) is 1. The molecule has 2 heterocycles. The average Bonchev–Trinajstić information content (AvgIpc) is 3.61. The van der Waals surface area contributed by atoms with E-state index >= 15 is 0 Å². The Morgan fingerprint density at radius 2 is 1.61 bits per heavy atom. The number of likely N-dealkylation sites (tertiary alicyclic amines) is 1. The lowest BCUT2D eigenvalue weighted by atomic mass is 9.82.